The van der Waals surface area contributed by atoms with Crippen LogP contribution in [-0.2, 0) is 6.54 Å². The highest BCUT2D eigenvalue weighted by molar-refractivity contribution is 9.10. The van der Waals surface area contributed by atoms with Gasteiger partial charge in [-0.15, -0.1) is 11.3 Å². The van der Waals surface area contributed by atoms with Crippen molar-refractivity contribution in [3.05, 3.63) is 43.8 Å². The van der Waals surface area contributed by atoms with Crippen molar-refractivity contribution in [2.75, 3.05) is 5.32 Å². The standard InChI is InChI=1S/C12H9BrClN3O3S/c13-7-3-6(1-2-8(7)14)16-12(20)15-4-10-17-9(5-21-10)11(18)19/h1-3,5H,4H2,(H,18,19)(H2,15,16,20). The van der Waals surface area contributed by atoms with Gasteiger partial charge in [0.05, 0.1) is 11.6 Å². The van der Waals surface area contributed by atoms with Gasteiger partial charge in [-0.3, -0.25) is 0 Å². The van der Waals surface area contributed by atoms with Crippen LogP contribution in [0.15, 0.2) is 28.1 Å². The van der Waals surface area contributed by atoms with Crippen LogP contribution in [0.4, 0.5) is 10.5 Å². The van der Waals surface area contributed by atoms with E-state index in [9.17, 15) is 9.59 Å². The molecule has 110 valence electrons. The normalized spacial score (nSPS) is 10.2. The van der Waals surface area contributed by atoms with Crippen molar-refractivity contribution in [3.63, 3.8) is 0 Å². The minimum Gasteiger partial charge on any atom is -0.476 e. The molecule has 0 aliphatic heterocycles. The number of amides is 2. The number of nitrogens with one attached hydrogen (secondary N) is 2. The fourth-order valence-corrected chi connectivity index (χ4v) is 2.60. The summed E-state index contributed by atoms with van der Waals surface area (Å²) in [6.45, 7) is 0.151. The predicted octanol–water partition coefficient (Wildman–Crippen LogP) is 3.58. The van der Waals surface area contributed by atoms with E-state index in [4.69, 9.17) is 16.7 Å². The highest BCUT2D eigenvalue weighted by Gasteiger charge is 2.09. The third-order valence-electron chi connectivity index (χ3n) is 2.35. The monoisotopic (exact) mass is 389 g/mol. The maximum atomic E-state index is 11.7. The second kappa shape index (κ2) is 6.88. The molecule has 2 amide bonds. The van der Waals surface area contributed by atoms with Gasteiger partial charge in [0, 0.05) is 15.5 Å². The number of hydrogen-bond acceptors (Lipinski definition) is 4. The molecule has 2 rings (SSSR count). The Balaban J connectivity index is 1.89. The summed E-state index contributed by atoms with van der Waals surface area (Å²) in [4.78, 5) is 26.3. The van der Waals surface area contributed by atoms with E-state index in [1.165, 1.54) is 16.7 Å². The summed E-state index contributed by atoms with van der Waals surface area (Å²) < 4.78 is 0.674. The van der Waals surface area contributed by atoms with E-state index in [-0.39, 0.29) is 12.2 Å². The fraction of sp³-hybridized carbons (Fsp3) is 0.0833. The Morgan fingerprint density at radius 3 is 2.81 bits per heavy atom. The molecule has 3 N–H and O–H groups in total. The third kappa shape index (κ3) is 4.42. The van der Waals surface area contributed by atoms with Crippen LogP contribution < -0.4 is 10.6 Å². The van der Waals surface area contributed by atoms with Crippen molar-refractivity contribution in [2.45, 2.75) is 6.54 Å². The van der Waals surface area contributed by atoms with Crippen molar-refractivity contribution >= 4 is 56.6 Å². The molecule has 1 aromatic carbocycles. The molecule has 9 heteroatoms. The lowest BCUT2D eigenvalue weighted by molar-refractivity contribution is 0.0691. The maximum absolute atomic E-state index is 11.7. The minimum atomic E-state index is -1.09. The van der Waals surface area contributed by atoms with Gasteiger partial charge in [-0.05, 0) is 34.1 Å². The third-order valence-corrected chi connectivity index (χ3v) is 4.41. The predicted molar refractivity (Wildman–Crippen MR) is 84.1 cm³/mol. The Labute approximate surface area is 137 Å². The van der Waals surface area contributed by atoms with Crippen LogP contribution in [0.5, 0.6) is 0 Å². The number of carbonyl (C=O) groups is 2. The Morgan fingerprint density at radius 1 is 1.43 bits per heavy atom. The number of aromatic nitrogens is 1. The van der Waals surface area contributed by atoms with Gasteiger partial charge >= 0.3 is 12.0 Å². The van der Waals surface area contributed by atoms with Crippen molar-refractivity contribution in [2.24, 2.45) is 0 Å². The van der Waals surface area contributed by atoms with Crippen LogP contribution in [0, 0.1) is 0 Å². The lowest BCUT2D eigenvalue weighted by Gasteiger charge is -2.07. The van der Waals surface area contributed by atoms with Crippen LogP contribution in [0.3, 0.4) is 0 Å². The second-order valence-electron chi connectivity index (χ2n) is 3.87. The number of nitrogens with zero attached hydrogens (tertiary/aromatic N) is 1. The first-order valence-electron chi connectivity index (χ1n) is 5.63. The second-order valence-corrected chi connectivity index (χ2v) is 6.07. The van der Waals surface area contributed by atoms with Crippen LogP contribution in [0.1, 0.15) is 15.5 Å². The van der Waals surface area contributed by atoms with E-state index in [1.54, 1.807) is 18.2 Å². The SMILES string of the molecule is O=C(NCc1nc(C(=O)O)cs1)Nc1ccc(Cl)c(Br)c1. The van der Waals surface area contributed by atoms with Gasteiger partial charge in [-0.2, -0.15) is 0 Å². The van der Waals surface area contributed by atoms with Crippen molar-refractivity contribution < 1.29 is 14.7 Å². The number of carboxylic acid groups (broad SMARTS) is 1. The van der Waals surface area contributed by atoms with Gasteiger partial charge in [0.25, 0.3) is 0 Å². The fourth-order valence-electron chi connectivity index (χ4n) is 1.40. The molecule has 0 bridgehead atoms. The molecule has 1 aromatic heterocycles. The summed E-state index contributed by atoms with van der Waals surface area (Å²) >= 11 is 10.3. The molecule has 2 aromatic rings. The first-order valence-corrected chi connectivity index (χ1v) is 7.68. The summed E-state index contributed by atoms with van der Waals surface area (Å²) in [5.41, 5.74) is 0.549. The lowest BCUT2D eigenvalue weighted by Crippen LogP contribution is -2.28. The molecule has 0 fully saturated rings. The number of carboxylic acids is 1. The van der Waals surface area contributed by atoms with Crippen LogP contribution in [-0.4, -0.2) is 22.1 Å². The molecule has 0 aliphatic rings. The smallest absolute Gasteiger partial charge is 0.355 e. The molecule has 0 spiro atoms. The zero-order valence-electron chi connectivity index (χ0n) is 10.4. The summed E-state index contributed by atoms with van der Waals surface area (Å²) in [6, 6.07) is 4.57. The van der Waals surface area contributed by atoms with E-state index < -0.39 is 12.0 Å². The molecule has 0 saturated heterocycles. The topological polar surface area (TPSA) is 91.3 Å². The zero-order valence-corrected chi connectivity index (χ0v) is 13.6. The molecule has 0 saturated carbocycles. The number of halogens is 2. The van der Waals surface area contributed by atoms with E-state index in [0.717, 1.165) is 0 Å². The quantitative estimate of drug-likeness (QED) is 0.744. The number of rotatable bonds is 4. The minimum absolute atomic E-state index is 0.0289. The van der Waals surface area contributed by atoms with Gasteiger partial charge in [0.1, 0.15) is 5.01 Å². The molecular weight excluding hydrogens is 382 g/mol. The average molecular weight is 391 g/mol. The first kappa shape index (κ1) is 15.7. The average Bonchev–Trinajstić information content (AvgIpc) is 2.90. The van der Waals surface area contributed by atoms with Gasteiger partial charge in [-0.25, -0.2) is 14.6 Å². The number of hydrogen-bond donors (Lipinski definition) is 3. The van der Waals surface area contributed by atoms with Crippen molar-refractivity contribution in [1.29, 1.82) is 0 Å². The van der Waals surface area contributed by atoms with Crippen LogP contribution >= 0.6 is 38.9 Å². The van der Waals surface area contributed by atoms with E-state index in [2.05, 4.69) is 31.5 Å². The van der Waals surface area contributed by atoms with Gasteiger partial charge in [-0.1, -0.05) is 11.6 Å². The number of anilines is 1. The van der Waals surface area contributed by atoms with Crippen LogP contribution in [0.25, 0.3) is 0 Å². The Bertz CT molecular complexity index is 692. The highest BCUT2D eigenvalue weighted by atomic mass is 79.9. The number of benzene rings is 1. The Hall–Kier alpha value is -1.64. The molecule has 6 nitrogen and oxygen atoms in total. The summed E-state index contributed by atoms with van der Waals surface area (Å²) in [5.74, 6) is -1.09. The first-order chi connectivity index (χ1) is 9.95. The molecule has 0 atom stereocenters. The molecule has 0 unspecified atom stereocenters. The van der Waals surface area contributed by atoms with E-state index >= 15 is 0 Å². The molecule has 1 heterocycles. The largest absolute Gasteiger partial charge is 0.476 e. The van der Waals surface area contributed by atoms with Gasteiger partial charge in [0.2, 0.25) is 0 Å². The lowest BCUT2D eigenvalue weighted by atomic mass is 10.3. The van der Waals surface area contributed by atoms with E-state index in [0.29, 0.717) is 20.2 Å². The molecule has 21 heavy (non-hydrogen) atoms. The maximum Gasteiger partial charge on any atom is 0.355 e. The zero-order chi connectivity index (χ0) is 15.4. The van der Waals surface area contributed by atoms with Gasteiger partial charge < -0.3 is 15.7 Å². The number of carbonyl (C=O) groups excluding carboxylic acids is 1. The summed E-state index contributed by atoms with van der Waals surface area (Å²) in [5, 5.41) is 16.5. The Kier molecular flexibility index (Phi) is 5.16. The summed E-state index contributed by atoms with van der Waals surface area (Å²) in [6.07, 6.45) is 0. The van der Waals surface area contributed by atoms with Crippen molar-refractivity contribution in [3.8, 4) is 0 Å². The number of urea groups is 1. The number of thiazole rings is 1. The van der Waals surface area contributed by atoms with Gasteiger partial charge in [0.15, 0.2) is 5.69 Å². The molecular formula is C12H9BrClN3O3S. The highest BCUT2D eigenvalue weighted by Crippen LogP contribution is 2.25. The van der Waals surface area contributed by atoms with E-state index in [1.807, 2.05) is 0 Å². The van der Waals surface area contributed by atoms with Crippen molar-refractivity contribution in [1.82, 2.24) is 10.3 Å². The number of aromatic carboxylic acids is 1. The molecule has 0 radical (unpaired) electrons. The van der Waals surface area contributed by atoms with Crippen LogP contribution in [0.2, 0.25) is 5.02 Å². The molecule has 0 aliphatic carbocycles. The Morgan fingerprint density at radius 2 is 2.19 bits per heavy atom. The summed E-state index contributed by atoms with van der Waals surface area (Å²) in [7, 11) is 0.